The highest BCUT2D eigenvalue weighted by Gasteiger charge is 2.28. The topological polar surface area (TPSA) is 64.8 Å². The van der Waals surface area contributed by atoms with Gasteiger partial charge in [0.05, 0.1) is 12.3 Å². The first-order valence-corrected chi connectivity index (χ1v) is 9.32. The van der Waals surface area contributed by atoms with E-state index in [0.29, 0.717) is 17.5 Å². The van der Waals surface area contributed by atoms with Gasteiger partial charge in [0.15, 0.2) is 0 Å². The number of rotatable bonds is 4. The van der Waals surface area contributed by atoms with Crippen molar-refractivity contribution in [3.05, 3.63) is 23.8 Å². The lowest BCUT2D eigenvalue weighted by Crippen LogP contribution is -2.41. The number of hydrogen-bond acceptors (Lipinski definition) is 4. The summed E-state index contributed by atoms with van der Waals surface area (Å²) in [4.78, 5) is 14.0. The van der Waals surface area contributed by atoms with Gasteiger partial charge in [-0.3, -0.25) is 0 Å². The second kappa shape index (κ2) is 7.14. The SMILES string of the molecule is CC(C)(C)OC(=O)N1CCC(c2ccc(N)c(OCC3CC3)c2)CC1. The van der Waals surface area contributed by atoms with Crippen molar-refractivity contribution in [1.29, 1.82) is 0 Å². The van der Waals surface area contributed by atoms with Crippen LogP contribution in [0.2, 0.25) is 0 Å². The molecular formula is C20H30N2O3. The second-order valence-electron chi connectivity index (χ2n) is 8.29. The van der Waals surface area contributed by atoms with Gasteiger partial charge in [-0.2, -0.15) is 0 Å². The molecule has 1 heterocycles. The van der Waals surface area contributed by atoms with Crippen LogP contribution in [0.3, 0.4) is 0 Å². The fourth-order valence-electron chi connectivity index (χ4n) is 3.14. The number of ether oxygens (including phenoxy) is 2. The summed E-state index contributed by atoms with van der Waals surface area (Å²) in [6, 6.07) is 6.12. The minimum absolute atomic E-state index is 0.211. The highest BCUT2D eigenvalue weighted by molar-refractivity contribution is 5.68. The van der Waals surface area contributed by atoms with Crippen LogP contribution < -0.4 is 10.5 Å². The first-order chi connectivity index (χ1) is 11.8. The van der Waals surface area contributed by atoms with Crippen molar-refractivity contribution in [3.8, 4) is 5.75 Å². The van der Waals surface area contributed by atoms with E-state index in [9.17, 15) is 4.79 Å². The maximum Gasteiger partial charge on any atom is 0.410 e. The van der Waals surface area contributed by atoms with Crippen molar-refractivity contribution in [2.45, 2.75) is 58.0 Å². The monoisotopic (exact) mass is 346 g/mol. The minimum Gasteiger partial charge on any atom is -0.491 e. The Morgan fingerprint density at radius 1 is 1.20 bits per heavy atom. The van der Waals surface area contributed by atoms with Crippen LogP contribution in [0.5, 0.6) is 5.75 Å². The van der Waals surface area contributed by atoms with Crippen molar-refractivity contribution in [2.24, 2.45) is 5.92 Å². The summed E-state index contributed by atoms with van der Waals surface area (Å²) in [5, 5.41) is 0. The van der Waals surface area contributed by atoms with Crippen LogP contribution in [0.25, 0.3) is 0 Å². The third-order valence-electron chi connectivity index (χ3n) is 4.83. The molecule has 25 heavy (non-hydrogen) atoms. The van der Waals surface area contributed by atoms with Crippen LogP contribution >= 0.6 is 0 Å². The molecule has 5 heteroatoms. The number of carbonyl (C=O) groups is 1. The van der Waals surface area contributed by atoms with Gasteiger partial charge in [-0.25, -0.2) is 4.79 Å². The zero-order valence-electron chi connectivity index (χ0n) is 15.6. The van der Waals surface area contributed by atoms with Crippen molar-refractivity contribution < 1.29 is 14.3 Å². The van der Waals surface area contributed by atoms with E-state index in [1.54, 1.807) is 0 Å². The first-order valence-electron chi connectivity index (χ1n) is 9.32. The van der Waals surface area contributed by atoms with Crippen molar-refractivity contribution in [1.82, 2.24) is 4.90 Å². The maximum atomic E-state index is 12.2. The average Bonchev–Trinajstić information content (AvgIpc) is 3.37. The molecular weight excluding hydrogens is 316 g/mol. The van der Waals surface area contributed by atoms with E-state index in [0.717, 1.165) is 38.3 Å². The maximum absolute atomic E-state index is 12.2. The lowest BCUT2D eigenvalue weighted by atomic mass is 9.89. The highest BCUT2D eigenvalue weighted by atomic mass is 16.6. The fraction of sp³-hybridized carbons (Fsp3) is 0.650. The molecule has 2 fully saturated rings. The van der Waals surface area contributed by atoms with Crippen LogP contribution in [0.4, 0.5) is 10.5 Å². The molecule has 0 radical (unpaired) electrons. The van der Waals surface area contributed by atoms with Gasteiger partial charge in [-0.15, -0.1) is 0 Å². The standard InChI is InChI=1S/C20H30N2O3/c1-20(2,3)25-19(23)22-10-8-15(9-11-22)16-6-7-17(21)18(12-16)24-13-14-4-5-14/h6-7,12,14-15H,4-5,8-11,13,21H2,1-3H3. The molecule has 5 nitrogen and oxygen atoms in total. The molecule has 0 spiro atoms. The van der Waals surface area contributed by atoms with E-state index in [1.807, 2.05) is 31.7 Å². The molecule has 0 atom stereocenters. The lowest BCUT2D eigenvalue weighted by Gasteiger charge is -2.33. The number of nitrogens with two attached hydrogens (primary N) is 1. The summed E-state index contributed by atoms with van der Waals surface area (Å²) in [5.41, 5.74) is 7.56. The van der Waals surface area contributed by atoms with E-state index in [2.05, 4.69) is 12.1 Å². The third-order valence-corrected chi connectivity index (χ3v) is 4.83. The molecule has 1 amide bonds. The fourth-order valence-corrected chi connectivity index (χ4v) is 3.14. The largest absolute Gasteiger partial charge is 0.491 e. The first kappa shape index (κ1) is 17.9. The van der Waals surface area contributed by atoms with Crippen molar-refractivity contribution >= 4 is 11.8 Å². The quantitative estimate of drug-likeness (QED) is 0.831. The van der Waals surface area contributed by atoms with E-state index >= 15 is 0 Å². The number of benzene rings is 1. The zero-order valence-corrected chi connectivity index (χ0v) is 15.6. The van der Waals surface area contributed by atoms with E-state index in [-0.39, 0.29) is 6.09 Å². The van der Waals surface area contributed by atoms with Crippen molar-refractivity contribution in [3.63, 3.8) is 0 Å². The van der Waals surface area contributed by atoms with Gasteiger partial charge in [0.1, 0.15) is 11.4 Å². The Hall–Kier alpha value is -1.91. The molecule has 1 aliphatic heterocycles. The lowest BCUT2D eigenvalue weighted by molar-refractivity contribution is 0.0205. The Morgan fingerprint density at radius 2 is 1.88 bits per heavy atom. The van der Waals surface area contributed by atoms with Crippen LogP contribution in [0.15, 0.2) is 18.2 Å². The highest BCUT2D eigenvalue weighted by Crippen LogP contribution is 2.35. The average molecular weight is 346 g/mol. The van der Waals surface area contributed by atoms with Crippen LogP contribution in [0.1, 0.15) is 57.9 Å². The number of amides is 1. The molecule has 0 aromatic heterocycles. The number of carbonyl (C=O) groups excluding carboxylic acids is 1. The molecule has 2 N–H and O–H groups in total. The second-order valence-corrected chi connectivity index (χ2v) is 8.29. The number of piperidine rings is 1. The smallest absolute Gasteiger partial charge is 0.410 e. The molecule has 1 saturated heterocycles. The number of hydrogen-bond donors (Lipinski definition) is 1. The van der Waals surface area contributed by atoms with Gasteiger partial charge in [-0.1, -0.05) is 6.07 Å². The van der Waals surface area contributed by atoms with Gasteiger partial charge in [0.25, 0.3) is 0 Å². The van der Waals surface area contributed by atoms with Crippen LogP contribution in [-0.2, 0) is 4.74 Å². The number of anilines is 1. The molecule has 3 rings (SSSR count). The van der Waals surface area contributed by atoms with Gasteiger partial charge in [0, 0.05) is 13.1 Å². The zero-order chi connectivity index (χ0) is 18.0. The minimum atomic E-state index is -0.446. The Morgan fingerprint density at radius 3 is 2.48 bits per heavy atom. The van der Waals surface area contributed by atoms with E-state index in [4.69, 9.17) is 15.2 Å². The van der Waals surface area contributed by atoms with Gasteiger partial charge >= 0.3 is 6.09 Å². The van der Waals surface area contributed by atoms with Gasteiger partial charge < -0.3 is 20.1 Å². The van der Waals surface area contributed by atoms with Crippen LogP contribution in [-0.4, -0.2) is 36.3 Å². The summed E-state index contributed by atoms with van der Waals surface area (Å²) in [6.07, 6.45) is 4.19. The van der Waals surface area contributed by atoms with Crippen LogP contribution in [0, 0.1) is 5.92 Å². The summed E-state index contributed by atoms with van der Waals surface area (Å²) in [6.45, 7) is 7.91. The van der Waals surface area contributed by atoms with Gasteiger partial charge in [-0.05, 0) is 76.0 Å². The Kier molecular flexibility index (Phi) is 5.11. The van der Waals surface area contributed by atoms with Crippen molar-refractivity contribution in [2.75, 3.05) is 25.4 Å². The van der Waals surface area contributed by atoms with E-state index < -0.39 is 5.60 Å². The van der Waals surface area contributed by atoms with Gasteiger partial charge in [0.2, 0.25) is 0 Å². The molecule has 0 bridgehead atoms. The molecule has 138 valence electrons. The Balaban J connectivity index is 1.57. The predicted molar refractivity (Wildman–Crippen MR) is 98.9 cm³/mol. The number of nitrogen functional groups attached to an aromatic ring is 1. The summed E-state index contributed by atoms with van der Waals surface area (Å²) in [7, 11) is 0. The summed E-state index contributed by atoms with van der Waals surface area (Å²) < 4.78 is 11.4. The third kappa shape index (κ3) is 5.03. The Bertz CT molecular complexity index is 612. The van der Waals surface area contributed by atoms with E-state index in [1.165, 1.54) is 18.4 Å². The summed E-state index contributed by atoms with van der Waals surface area (Å²) in [5.74, 6) is 1.95. The number of nitrogens with zero attached hydrogens (tertiary/aromatic N) is 1. The summed E-state index contributed by atoms with van der Waals surface area (Å²) >= 11 is 0. The molecule has 1 aliphatic carbocycles. The molecule has 1 aromatic carbocycles. The molecule has 1 aromatic rings. The molecule has 0 unspecified atom stereocenters. The predicted octanol–water partition coefficient (Wildman–Crippen LogP) is 4.17. The molecule has 1 saturated carbocycles. The normalized spacial score (nSPS) is 18.9. The molecule has 2 aliphatic rings. The Labute approximate surface area is 150 Å². The number of likely N-dealkylation sites (tertiary alicyclic amines) is 1.